The lowest BCUT2D eigenvalue weighted by Gasteiger charge is -2.32. The van der Waals surface area contributed by atoms with E-state index in [0.29, 0.717) is 13.0 Å². The maximum atomic E-state index is 13.2. The number of hydrogen-bond acceptors (Lipinski definition) is 3. The Morgan fingerprint density at radius 1 is 1.11 bits per heavy atom. The van der Waals surface area contributed by atoms with Gasteiger partial charge < -0.3 is 10.2 Å². The first-order chi connectivity index (χ1) is 13.7. The van der Waals surface area contributed by atoms with Gasteiger partial charge in [-0.05, 0) is 36.3 Å². The fourth-order valence-corrected chi connectivity index (χ4v) is 4.76. The summed E-state index contributed by atoms with van der Waals surface area (Å²) >= 11 is 7.41. The van der Waals surface area contributed by atoms with E-state index in [1.54, 1.807) is 4.90 Å². The van der Waals surface area contributed by atoms with Crippen LogP contribution in [0.1, 0.15) is 48.6 Å². The lowest BCUT2D eigenvalue weighted by Crippen LogP contribution is -2.47. The van der Waals surface area contributed by atoms with Crippen LogP contribution in [-0.4, -0.2) is 35.2 Å². The molecule has 0 aliphatic heterocycles. The van der Waals surface area contributed by atoms with E-state index < -0.39 is 6.04 Å². The summed E-state index contributed by atoms with van der Waals surface area (Å²) in [5, 5.41) is 5.14. The van der Waals surface area contributed by atoms with E-state index in [1.807, 2.05) is 47.8 Å². The first-order valence-corrected chi connectivity index (χ1v) is 11.3. The molecule has 1 fully saturated rings. The Hall–Kier alpha value is -1.85. The summed E-state index contributed by atoms with van der Waals surface area (Å²) in [4.78, 5) is 28.4. The number of nitrogens with one attached hydrogen (secondary N) is 1. The fourth-order valence-electron chi connectivity index (χ4n) is 3.77. The molecule has 1 aliphatic carbocycles. The molecule has 2 aromatic rings. The van der Waals surface area contributed by atoms with Gasteiger partial charge in [0.15, 0.2) is 0 Å². The molecule has 1 atom stereocenters. The van der Waals surface area contributed by atoms with Crippen LogP contribution in [0.15, 0.2) is 47.8 Å². The SMILES string of the molecule is O=C(NC1CCCCC1)[C@H](c1cccs1)N(CCc1ccccc1)C(=O)CCl. The quantitative estimate of drug-likeness (QED) is 0.639. The number of benzene rings is 1. The van der Waals surface area contributed by atoms with Gasteiger partial charge in [-0.3, -0.25) is 9.59 Å². The Bertz CT molecular complexity index is 745. The third-order valence-electron chi connectivity index (χ3n) is 5.24. The molecule has 0 spiro atoms. The lowest BCUT2D eigenvalue weighted by atomic mass is 9.95. The highest BCUT2D eigenvalue weighted by atomic mass is 35.5. The standard InChI is InChI=1S/C22H27ClN2O2S/c23-16-20(26)25(14-13-17-8-3-1-4-9-17)21(19-12-7-15-28-19)22(27)24-18-10-5-2-6-11-18/h1,3-4,7-9,12,15,18,21H,2,5-6,10-11,13-14,16H2,(H,24,27)/t21-/m0/s1. The largest absolute Gasteiger partial charge is 0.351 e. The van der Waals surface area contributed by atoms with Gasteiger partial charge in [0.25, 0.3) is 0 Å². The van der Waals surface area contributed by atoms with Crippen molar-refractivity contribution in [3.63, 3.8) is 0 Å². The molecule has 1 saturated carbocycles. The van der Waals surface area contributed by atoms with E-state index >= 15 is 0 Å². The van der Waals surface area contributed by atoms with Crippen LogP contribution in [0.4, 0.5) is 0 Å². The molecule has 1 N–H and O–H groups in total. The zero-order valence-electron chi connectivity index (χ0n) is 16.0. The molecule has 0 radical (unpaired) electrons. The third-order valence-corrected chi connectivity index (χ3v) is 6.40. The monoisotopic (exact) mass is 418 g/mol. The molecule has 0 bridgehead atoms. The highest BCUT2D eigenvalue weighted by Gasteiger charge is 2.33. The minimum atomic E-state index is -0.628. The van der Waals surface area contributed by atoms with E-state index in [0.717, 1.165) is 36.1 Å². The van der Waals surface area contributed by atoms with E-state index in [-0.39, 0.29) is 23.7 Å². The highest BCUT2D eigenvalue weighted by molar-refractivity contribution is 7.10. The normalized spacial score (nSPS) is 15.8. The molecule has 6 heteroatoms. The maximum absolute atomic E-state index is 13.2. The van der Waals surface area contributed by atoms with Gasteiger partial charge in [0.05, 0.1) is 0 Å². The zero-order chi connectivity index (χ0) is 19.8. The minimum Gasteiger partial charge on any atom is -0.351 e. The van der Waals surface area contributed by atoms with Crippen molar-refractivity contribution in [3.05, 3.63) is 58.3 Å². The minimum absolute atomic E-state index is 0.0964. The smallest absolute Gasteiger partial charge is 0.248 e. The molecule has 2 amide bonds. The maximum Gasteiger partial charge on any atom is 0.248 e. The van der Waals surface area contributed by atoms with E-state index in [9.17, 15) is 9.59 Å². The molecule has 1 aromatic heterocycles. The number of hydrogen-bond donors (Lipinski definition) is 1. The van der Waals surface area contributed by atoms with E-state index in [2.05, 4.69) is 5.32 Å². The van der Waals surface area contributed by atoms with Crippen LogP contribution in [0.3, 0.4) is 0 Å². The van der Waals surface area contributed by atoms with Gasteiger partial charge in [0.2, 0.25) is 11.8 Å². The number of alkyl halides is 1. The molecule has 150 valence electrons. The first-order valence-electron chi connectivity index (χ1n) is 9.92. The van der Waals surface area contributed by atoms with Crippen molar-refractivity contribution in [2.24, 2.45) is 0 Å². The summed E-state index contributed by atoms with van der Waals surface area (Å²) in [5.41, 5.74) is 1.13. The topological polar surface area (TPSA) is 49.4 Å². The Kier molecular flexibility index (Phi) is 7.92. The Morgan fingerprint density at radius 3 is 2.50 bits per heavy atom. The second kappa shape index (κ2) is 10.6. The molecule has 28 heavy (non-hydrogen) atoms. The fraction of sp³-hybridized carbons (Fsp3) is 0.455. The van der Waals surface area contributed by atoms with Gasteiger partial charge in [-0.25, -0.2) is 0 Å². The molecule has 1 aliphatic rings. The van der Waals surface area contributed by atoms with Crippen LogP contribution in [0.25, 0.3) is 0 Å². The summed E-state index contributed by atoms with van der Waals surface area (Å²) in [6.45, 7) is 0.455. The van der Waals surface area contributed by atoms with Gasteiger partial charge in [0, 0.05) is 17.5 Å². The number of nitrogens with zero attached hydrogens (tertiary/aromatic N) is 1. The molecule has 1 aromatic carbocycles. The van der Waals surface area contributed by atoms with Crippen LogP contribution in [-0.2, 0) is 16.0 Å². The summed E-state index contributed by atoms with van der Waals surface area (Å²) in [6, 6.07) is 13.4. The average molecular weight is 419 g/mol. The Morgan fingerprint density at radius 2 is 1.86 bits per heavy atom. The van der Waals surface area contributed by atoms with Gasteiger partial charge in [-0.15, -0.1) is 22.9 Å². The zero-order valence-corrected chi connectivity index (χ0v) is 17.6. The van der Waals surface area contributed by atoms with Gasteiger partial charge in [0.1, 0.15) is 11.9 Å². The van der Waals surface area contributed by atoms with Crippen LogP contribution in [0.5, 0.6) is 0 Å². The molecule has 4 nitrogen and oxygen atoms in total. The number of halogens is 1. The summed E-state index contributed by atoms with van der Waals surface area (Å²) in [6.07, 6.45) is 6.23. The van der Waals surface area contributed by atoms with Gasteiger partial charge in [-0.2, -0.15) is 0 Å². The molecule has 1 heterocycles. The molecular weight excluding hydrogens is 392 g/mol. The van der Waals surface area contributed by atoms with Crippen LogP contribution < -0.4 is 5.32 Å². The van der Waals surface area contributed by atoms with Crippen molar-refractivity contribution in [1.29, 1.82) is 0 Å². The number of thiophene rings is 1. The number of carbonyl (C=O) groups excluding carboxylic acids is 2. The summed E-state index contributed by atoms with van der Waals surface area (Å²) in [5.74, 6) is -0.441. The van der Waals surface area contributed by atoms with Gasteiger partial charge in [-0.1, -0.05) is 55.7 Å². The van der Waals surface area contributed by atoms with Crippen molar-refractivity contribution in [2.45, 2.75) is 50.6 Å². The van der Waals surface area contributed by atoms with Gasteiger partial charge >= 0.3 is 0 Å². The van der Waals surface area contributed by atoms with Crippen molar-refractivity contribution in [2.75, 3.05) is 12.4 Å². The lowest BCUT2D eigenvalue weighted by molar-refractivity contribution is -0.139. The molecular formula is C22H27ClN2O2S. The van der Waals surface area contributed by atoms with Crippen molar-refractivity contribution in [3.8, 4) is 0 Å². The van der Waals surface area contributed by atoms with Crippen molar-refractivity contribution >= 4 is 34.8 Å². The number of carbonyl (C=O) groups is 2. The van der Waals surface area contributed by atoms with Crippen molar-refractivity contribution < 1.29 is 9.59 Å². The third kappa shape index (κ3) is 5.58. The van der Waals surface area contributed by atoms with Crippen LogP contribution in [0, 0.1) is 0 Å². The van der Waals surface area contributed by atoms with E-state index in [1.165, 1.54) is 17.8 Å². The molecule has 0 saturated heterocycles. The highest BCUT2D eigenvalue weighted by Crippen LogP contribution is 2.28. The molecule has 3 rings (SSSR count). The number of rotatable bonds is 8. The Labute approximate surface area is 175 Å². The number of amides is 2. The predicted molar refractivity (Wildman–Crippen MR) is 115 cm³/mol. The van der Waals surface area contributed by atoms with Crippen LogP contribution >= 0.6 is 22.9 Å². The second-order valence-corrected chi connectivity index (χ2v) is 8.46. The second-order valence-electron chi connectivity index (χ2n) is 7.22. The summed E-state index contributed by atoms with van der Waals surface area (Å²) < 4.78 is 0. The Balaban J connectivity index is 1.79. The van der Waals surface area contributed by atoms with E-state index in [4.69, 9.17) is 11.6 Å². The average Bonchev–Trinajstić information content (AvgIpc) is 3.26. The first kappa shape index (κ1) is 20.9. The predicted octanol–water partition coefficient (Wildman–Crippen LogP) is 4.55. The molecule has 0 unspecified atom stereocenters. The van der Waals surface area contributed by atoms with Crippen LogP contribution in [0.2, 0.25) is 0 Å². The summed E-state index contributed by atoms with van der Waals surface area (Å²) in [7, 11) is 0. The van der Waals surface area contributed by atoms with Crippen molar-refractivity contribution in [1.82, 2.24) is 10.2 Å².